The Balaban J connectivity index is 1.61. The molecule has 0 bridgehead atoms. The molecule has 0 fully saturated rings. The second-order valence-electron chi connectivity index (χ2n) is 5.50. The second-order valence-corrected chi connectivity index (χ2v) is 6.41. The quantitative estimate of drug-likeness (QED) is 0.887. The highest BCUT2D eigenvalue weighted by Crippen LogP contribution is 2.30. The molecule has 0 unspecified atom stereocenters. The Morgan fingerprint density at radius 3 is 2.57 bits per heavy atom. The molecular formula is C18H18BrNO3. The Hall–Kier alpha value is -2.01. The molecule has 0 radical (unpaired) electrons. The number of halogens is 1. The first-order chi connectivity index (χ1) is 11.1. The maximum atomic E-state index is 12.2. The van der Waals surface area contributed by atoms with Crippen molar-refractivity contribution in [3.05, 3.63) is 58.1 Å². The summed E-state index contributed by atoms with van der Waals surface area (Å²) in [6.07, 6.45) is 0.317. The minimum atomic E-state index is -0.0344. The number of hydrogen-bond acceptors (Lipinski definition) is 3. The van der Waals surface area contributed by atoms with E-state index in [1.807, 2.05) is 49.4 Å². The molecule has 1 aliphatic heterocycles. The third-order valence-electron chi connectivity index (χ3n) is 3.72. The fourth-order valence-electron chi connectivity index (χ4n) is 2.51. The SMILES string of the molecule is C[C@H](NC(=O)Cc1ccc2c(c1)OCCO2)c1ccc(Br)cc1. The third kappa shape index (κ3) is 4.05. The molecule has 0 saturated heterocycles. The van der Waals surface area contributed by atoms with Gasteiger partial charge in [-0.25, -0.2) is 0 Å². The predicted molar refractivity (Wildman–Crippen MR) is 91.8 cm³/mol. The van der Waals surface area contributed by atoms with Gasteiger partial charge in [0.15, 0.2) is 11.5 Å². The van der Waals surface area contributed by atoms with Crippen LogP contribution in [-0.2, 0) is 11.2 Å². The van der Waals surface area contributed by atoms with Crippen LogP contribution in [0.5, 0.6) is 11.5 Å². The van der Waals surface area contributed by atoms with Crippen molar-refractivity contribution >= 4 is 21.8 Å². The Kier molecular flexibility index (Phi) is 4.86. The molecule has 0 aromatic heterocycles. The smallest absolute Gasteiger partial charge is 0.224 e. The van der Waals surface area contributed by atoms with Gasteiger partial charge < -0.3 is 14.8 Å². The van der Waals surface area contributed by atoms with Crippen LogP contribution in [0.3, 0.4) is 0 Å². The monoisotopic (exact) mass is 375 g/mol. The number of hydrogen-bond donors (Lipinski definition) is 1. The zero-order chi connectivity index (χ0) is 16.2. The number of amides is 1. The normalized spacial score (nSPS) is 14.2. The first-order valence-corrected chi connectivity index (χ1v) is 8.34. The average molecular weight is 376 g/mol. The van der Waals surface area contributed by atoms with Crippen LogP contribution in [0.1, 0.15) is 24.1 Å². The molecule has 2 aromatic carbocycles. The van der Waals surface area contributed by atoms with Gasteiger partial charge in [0.25, 0.3) is 0 Å². The highest BCUT2D eigenvalue weighted by Gasteiger charge is 2.14. The molecule has 2 aromatic rings. The lowest BCUT2D eigenvalue weighted by molar-refractivity contribution is -0.121. The molecule has 5 heteroatoms. The Bertz CT molecular complexity index is 700. The topological polar surface area (TPSA) is 47.6 Å². The van der Waals surface area contributed by atoms with Gasteiger partial charge in [-0.3, -0.25) is 4.79 Å². The maximum absolute atomic E-state index is 12.2. The van der Waals surface area contributed by atoms with E-state index < -0.39 is 0 Å². The highest BCUT2D eigenvalue weighted by molar-refractivity contribution is 9.10. The molecule has 3 rings (SSSR count). The van der Waals surface area contributed by atoms with Crippen molar-refractivity contribution in [2.45, 2.75) is 19.4 Å². The van der Waals surface area contributed by atoms with Crippen LogP contribution in [-0.4, -0.2) is 19.1 Å². The summed E-state index contributed by atoms with van der Waals surface area (Å²) < 4.78 is 12.1. The van der Waals surface area contributed by atoms with Crippen LogP contribution < -0.4 is 14.8 Å². The zero-order valence-electron chi connectivity index (χ0n) is 12.8. The van der Waals surface area contributed by atoms with E-state index in [1.165, 1.54) is 0 Å². The second kappa shape index (κ2) is 7.04. The summed E-state index contributed by atoms with van der Waals surface area (Å²) >= 11 is 3.41. The van der Waals surface area contributed by atoms with Gasteiger partial charge in [0, 0.05) is 4.47 Å². The van der Waals surface area contributed by atoms with Crippen LogP contribution in [0.25, 0.3) is 0 Å². The van der Waals surface area contributed by atoms with Gasteiger partial charge >= 0.3 is 0 Å². The first kappa shape index (κ1) is 15.9. The molecule has 1 aliphatic rings. The molecule has 1 amide bonds. The van der Waals surface area contributed by atoms with E-state index in [9.17, 15) is 4.79 Å². The molecule has 4 nitrogen and oxygen atoms in total. The summed E-state index contributed by atoms with van der Waals surface area (Å²) in [5, 5.41) is 3.02. The number of benzene rings is 2. The molecule has 1 N–H and O–H groups in total. The number of rotatable bonds is 4. The van der Waals surface area contributed by atoms with Gasteiger partial charge in [0.05, 0.1) is 12.5 Å². The van der Waals surface area contributed by atoms with Gasteiger partial charge in [-0.1, -0.05) is 34.1 Å². The molecule has 120 valence electrons. The zero-order valence-corrected chi connectivity index (χ0v) is 14.4. The van der Waals surface area contributed by atoms with Gasteiger partial charge in [0.1, 0.15) is 13.2 Å². The van der Waals surface area contributed by atoms with E-state index >= 15 is 0 Å². The van der Waals surface area contributed by atoms with Crippen LogP contribution in [0.4, 0.5) is 0 Å². The summed E-state index contributed by atoms with van der Waals surface area (Å²) in [5.41, 5.74) is 1.98. The third-order valence-corrected chi connectivity index (χ3v) is 4.25. The van der Waals surface area contributed by atoms with Crippen LogP contribution in [0.15, 0.2) is 46.9 Å². The molecule has 0 spiro atoms. The minimum Gasteiger partial charge on any atom is -0.486 e. The molecule has 0 aliphatic carbocycles. The summed E-state index contributed by atoms with van der Waals surface area (Å²) in [6, 6.07) is 13.5. The fourth-order valence-corrected chi connectivity index (χ4v) is 2.77. The van der Waals surface area contributed by atoms with Crippen molar-refractivity contribution in [3.63, 3.8) is 0 Å². The van der Waals surface area contributed by atoms with Crippen molar-refractivity contribution in [1.29, 1.82) is 0 Å². The standard InChI is InChI=1S/C18H18BrNO3/c1-12(14-3-5-15(19)6-4-14)20-18(21)11-13-2-7-16-17(10-13)23-9-8-22-16/h2-7,10,12H,8-9,11H2,1H3,(H,20,21)/t12-/m0/s1. The summed E-state index contributed by atoms with van der Waals surface area (Å²) in [6.45, 7) is 3.09. The lowest BCUT2D eigenvalue weighted by atomic mass is 10.1. The number of carbonyl (C=O) groups is 1. The van der Waals surface area contributed by atoms with E-state index in [0.717, 1.165) is 21.3 Å². The fraction of sp³-hybridized carbons (Fsp3) is 0.278. The van der Waals surface area contributed by atoms with E-state index in [-0.39, 0.29) is 11.9 Å². The van der Waals surface area contributed by atoms with Crippen LogP contribution in [0.2, 0.25) is 0 Å². The Morgan fingerprint density at radius 1 is 1.13 bits per heavy atom. The summed E-state index contributed by atoms with van der Waals surface area (Å²) in [4.78, 5) is 12.2. The van der Waals surface area contributed by atoms with E-state index in [1.54, 1.807) is 0 Å². The van der Waals surface area contributed by atoms with Gasteiger partial charge in [-0.15, -0.1) is 0 Å². The largest absolute Gasteiger partial charge is 0.486 e. The van der Waals surface area contributed by atoms with E-state index in [0.29, 0.717) is 25.4 Å². The number of ether oxygens (including phenoxy) is 2. The van der Waals surface area contributed by atoms with Gasteiger partial charge in [-0.2, -0.15) is 0 Å². The first-order valence-electron chi connectivity index (χ1n) is 7.55. The van der Waals surface area contributed by atoms with Gasteiger partial charge in [0.2, 0.25) is 5.91 Å². The lowest BCUT2D eigenvalue weighted by Crippen LogP contribution is -2.28. The lowest BCUT2D eigenvalue weighted by Gasteiger charge is -2.19. The summed E-state index contributed by atoms with van der Waals surface area (Å²) in [5.74, 6) is 1.43. The minimum absolute atomic E-state index is 0.0166. The van der Waals surface area contributed by atoms with Crippen molar-refractivity contribution in [1.82, 2.24) is 5.32 Å². The van der Waals surface area contributed by atoms with E-state index in [2.05, 4.69) is 21.2 Å². The van der Waals surface area contributed by atoms with Crippen molar-refractivity contribution in [3.8, 4) is 11.5 Å². The molecule has 23 heavy (non-hydrogen) atoms. The van der Waals surface area contributed by atoms with Crippen molar-refractivity contribution < 1.29 is 14.3 Å². The highest BCUT2D eigenvalue weighted by atomic mass is 79.9. The van der Waals surface area contributed by atoms with Gasteiger partial charge in [-0.05, 0) is 42.3 Å². The maximum Gasteiger partial charge on any atom is 0.224 e. The van der Waals surface area contributed by atoms with E-state index in [4.69, 9.17) is 9.47 Å². The molecular weight excluding hydrogens is 358 g/mol. The molecule has 1 heterocycles. The molecule has 1 atom stereocenters. The number of carbonyl (C=O) groups excluding carboxylic acids is 1. The summed E-state index contributed by atoms with van der Waals surface area (Å²) in [7, 11) is 0. The van der Waals surface area contributed by atoms with Crippen LogP contribution in [0, 0.1) is 0 Å². The van der Waals surface area contributed by atoms with Crippen LogP contribution >= 0.6 is 15.9 Å². The van der Waals surface area contributed by atoms with Crippen molar-refractivity contribution in [2.24, 2.45) is 0 Å². The Labute approximate surface area is 143 Å². The molecule has 0 saturated carbocycles. The Morgan fingerprint density at radius 2 is 1.83 bits per heavy atom. The predicted octanol–water partition coefficient (Wildman–Crippen LogP) is 3.64. The van der Waals surface area contributed by atoms with Crippen molar-refractivity contribution in [2.75, 3.05) is 13.2 Å². The number of nitrogens with one attached hydrogen (secondary N) is 1. The number of fused-ring (bicyclic) bond motifs is 1. The average Bonchev–Trinajstić information content (AvgIpc) is 2.55.